The van der Waals surface area contributed by atoms with Crippen LogP contribution in [0.3, 0.4) is 0 Å². The molecule has 1 unspecified atom stereocenters. The van der Waals surface area contributed by atoms with Gasteiger partial charge in [-0.25, -0.2) is 0 Å². The number of hydrogen-bond donors (Lipinski definition) is 1. The molecule has 2 nitrogen and oxygen atoms in total. The third-order valence-electron chi connectivity index (χ3n) is 2.89. The minimum absolute atomic E-state index is 0. The van der Waals surface area contributed by atoms with E-state index in [1.165, 1.54) is 5.06 Å². The van der Waals surface area contributed by atoms with Gasteiger partial charge in [0.25, 0.3) is 0 Å². The van der Waals surface area contributed by atoms with E-state index in [-0.39, 0.29) is 48.2 Å². The van der Waals surface area contributed by atoms with Crippen LogP contribution in [-0.4, -0.2) is 15.8 Å². The van der Waals surface area contributed by atoms with Crippen LogP contribution in [0.5, 0.6) is 0 Å². The van der Waals surface area contributed by atoms with Crippen molar-refractivity contribution in [1.82, 2.24) is 5.06 Å². The molecular formula is C19H30NOTi+. The topological polar surface area (TPSA) is 23.5 Å². The average molecular weight is 336 g/mol. The van der Waals surface area contributed by atoms with Crippen molar-refractivity contribution in [3.8, 4) is 0 Å². The van der Waals surface area contributed by atoms with Gasteiger partial charge in [0, 0.05) is 5.54 Å². The first-order chi connectivity index (χ1) is 8.93. The van der Waals surface area contributed by atoms with Crippen molar-refractivity contribution in [3.63, 3.8) is 0 Å². The van der Waals surface area contributed by atoms with E-state index in [0.29, 0.717) is 0 Å². The number of rotatable bonds is 2. The SMILES string of the molecule is CC(c1ccccc1)N(O)C(C)(C)C.[CH3-].[CH3-].[CH]1[CH][CH][CH][CH]1.[Ti+3]. The molecule has 1 aliphatic carbocycles. The molecule has 0 amide bonds. The molecule has 0 aromatic heterocycles. The number of hydroxylamine groups is 2. The van der Waals surface area contributed by atoms with Crippen LogP contribution in [0, 0.1) is 47.0 Å². The summed E-state index contributed by atoms with van der Waals surface area (Å²) in [6.45, 7) is 7.98. The molecule has 3 heteroatoms. The van der Waals surface area contributed by atoms with Crippen molar-refractivity contribution in [3.05, 3.63) is 82.9 Å². The summed E-state index contributed by atoms with van der Waals surface area (Å²) >= 11 is 0. The molecule has 1 aromatic carbocycles. The fourth-order valence-corrected chi connectivity index (χ4v) is 1.77. The summed E-state index contributed by atoms with van der Waals surface area (Å²) < 4.78 is 0. The summed E-state index contributed by atoms with van der Waals surface area (Å²) in [5.41, 5.74) is 0.903. The van der Waals surface area contributed by atoms with Gasteiger partial charge in [0.2, 0.25) is 0 Å². The van der Waals surface area contributed by atoms with Crippen molar-refractivity contribution < 1.29 is 26.9 Å². The first kappa shape index (κ1) is 26.7. The van der Waals surface area contributed by atoms with Crippen LogP contribution in [0.15, 0.2) is 30.3 Å². The summed E-state index contributed by atoms with van der Waals surface area (Å²) in [6.07, 6.45) is 10.0. The Morgan fingerprint density at radius 2 is 1.23 bits per heavy atom. The molecule has 22 heavy (non-hydrogen) atoms. The second kappa shape index (κ2) is 13.3. The molecule has 1 aromatic rings. The van der Waals surface area contributed by atoms with Gasteiger partial charge >= 0.3 is 21.7 Å². The molecule has 1 atom stereocenters. The van der Waals surface area contributed by atoms with E-state index in [2.05, 4.69) is 0 Å². The average Bonchev–Trinajstić information content (AvgIpc) is 2.96. The first-order valence-corrected chi connectivity index (χ1v) is 6.63. The molecule has 0 heterocycles. The Labute approximate surface area is 154 Å². The molecule has 0 saturated heterocycles. The van der Waals surface area contributed by atoms with E-state index < -0.39 is 0 Å². The van der Waals surface area contributed by atoms with Gasteiger partial charge in [0.05, 0.1) is 6.04 Å². The van der Waals surface area contributed by atoms with Crippen LogP contribution in [0.4, 0.5) is 0 Å². The summed E-state index contributed by atoms with van der Waals surface area (Å²) in [5.74, 6) is 0. The van der Waals surface area contributed by atoms with Crippen LogP contribution < -0.4 is 0 Å². The normalized spacial score (nSPS) is 14.6. The van der Waals surface area contributed by atoms with Gasteiger partial charge in [0.1, 0.15) is 0 Å². The second-order valence-electron chi connectivity index (χ2n) is 5.56. The van der Waals surface area contributed by atoms with Crippen molar-refractivity contribution in [2.45, 2.75) is 39.3 Å². The molecule has 1 fully saturated rings. The zero-order valence-corrected chi connectivity index (χ0v) is 16.3. The molecule has 1 N–H and O–H groups in total. The molecule has 0 bridgehead atoms. The number of benzene rings is 1. The first-order valence-electron chi connectivity index (χ1n) is 6.63. The monoisotopic (exact) mass is 336 g/mol. The van der Waals surface area contributed by atoms with Gasteiger partial charge in [-0.3, -0.25) is 0 Å². The predicted molar refractivity (Wildman–Crippen MR) is 92.6 cm³/mol. The Hall–Kier alpha value is -0.146. The zero-order valence-electron chi connectivity index (χ0n) is 14.7. The van der Waals surface area contributed by atoms with Gasteiger partial charge in [-0.2, -0.15) is 5.06 Å². The van der Waals surface area contributed by atoms with E-state index in [1.807, 2.05) is 90.1 Å². The van der Waals surface area contributed by atoms with Crippen LogP contribution in [0.1, 0.15) is 39.3 Å². The van der Waals surface area contributed by atoms with Crippen molar-refractivity contribution in [2.24, 2.45) is 0 Å². The molecule has 0 spiro atoms. The molecule has 2 rings (SSSR count). The number of hydrogen-bond acceptors (Lipinski definition) is 2. The van der Waals surface area contributed by atoms with E-state index in [1.54, 1.807) is 0 Å². The van der Waals surface area contributed by atoms with E-state index in [9.17, 15) is 5.21 Å². The van der Waals surface area contributed by atoms with E-state index in [4.69, 9.17) is 0 Å². The predicted octanol–water partition coefficient (Wildman–Crippen LogP) is 5.16. The molecular weight excluding hydrogens is 306 g/mol. The van der Waals surface area contributed by atoms with Crippen LogP contribution in [0.2, 0.25) is 0 Å². The minimum atomic E-state index is -0.227. The summed E-state index contributed by atoms with van der Waals surface area (Å²) in [5, 5.41) is 11.3. The summed E-state index contributed by atoms with van der Waals surface area (Å²) in [7, 11) is 0. The van der Waals surface area contributed by atoms with Crippen LogP contribution >= 0.6 is 0 Å². The van der Waals surface area contributed by atoms with Crippen LogP contribution in [-0.2, 0) is 21.7 Å². The molecule has 6 radical (unpaired) electrons. The van der Waals surface area contributed by atoms with Crippen molar-refractivity contribution in [1.29, 1.82) is 0 Å². The van der Waals surface area contributed by atoms with Crippen LogP contribution in [0.25, 0.3) is 0 Å². The Morgan fingerprint density at radius 1 is 0.864 bits per heavy atom. The van der Waals surface area contributed by atoms with Gasteiger partial charge in [-0.1, -0.05) is 30.3 Å². The summed E-state index contributed by atoms with van der Waals surface area (Å²) in [6, 6.07) is 10.0. The third-order valence-corrected chi connectivity index (χ3v) is 2.89. The smallest absolute Gasteiger partial charge is 0.358 e. The third kappa shape index (κ3) is 9.79. The quantitative estimate of drug-likeness (QED) is 0.458. The van der Waals surface area contributed by atoms with E-state index in [0.717, 1.165) is 5.56 Å². The number of nitrogens with zero attached hydrogens (tertiary/aromatic N) is 1. The van der Waals surface area contributed by atoms with E-state index >= 15 is 0 Å². The zero-order chi connectivity index (χ0) is 14.3. The molecule has 1 aliphatic rings. The molecule has 0 aliphatic heterocycles. The maximum Gasteiger partial charge on any atom is 3.00 e. The van der Waals surface area contributed by atoms with Gasteiger partial charge in [0.15, 0.2) is 0 Å². The maximum atomic E-state index is 9.94. The van der Waals surface area contributed by atoms with Crippen molar-refractivity contribution in [2.75, 3.05) is 0 Å². The fourth-order valence-electron chi connectivity index (χ4n) is 1.77. The summed E-state index contributed by atoms with van der Waals surface area (Å²) in [4.78, 5) is 0. The largest absolute Gasteiger partial charge is 3.00 e. The van der Waals surface area contributed by atoms with Gasteiger partial charge in [-0.15, -0.1) is 0 Å². The Kier molecular flexibility index (Phi) is 16.2. The Bertz CT molecular complexity index is 337. The Morgan fingerprint density at radius 3 is 1.55 bits per heavy atom. The molecule has 1 saturated carbocycles. The Balaban J connectivity index is -0.000000388. The van der Waals surface area contributed by atoms with Crippen molar-refractivity contribution >= 4 is 0 Å². The fraction of sp³-hybridized carbons (Fsp3) is 0.316. The van der Waals surface area contributed by atoms with Gasteiger partial charge in [-0.05, 0) is 65.4 Å². The second-order valence-corrected chi connectivity index (χ2v) is 5.56. The maximum absolute atomic E-state index is 9.94. The van der Waals surface area contributed by atoms with Gasteiger partial charge < -0.3 is 20.1 Å². The molecule has 120 valence electrons. The minimum Gasteiger partial charge on any atom is -0.358 e. The standard InChI is InChI=1S/C12H19NO.C5H5.2CH3.Ti/c1-10(13(14)12(2,3)4)11-8-6-5-7-9-11;1-2-4-5-3-1;;;/h5-10,14H,1-4H3;1-5H;2*1H3;/q;;2*-1;+3.